The lowest BCUT2D eigenvalue weighted by molar-refractivity contribution is 0.0705. The van der Waals surface area contributed by atoms with Gasteiger partial charge in [0.15, 0.2) is 11.6 Å². The highest BCUT2D eigenvalue weighted by atomic mass is 32.1. The largest absolute Gasteiger partial charge is 0.378 e. The zero-order valence-corrected chi connectivity index (χ0v) is 21.1. The number of aromatic amines is 2. The van der Waals surface area contributed by atoms with Crippen molar-refractivity contribution in [1.82, 2.24) is 35.4 Å². The quantitative estimate of drug-likeness (QED) is 0.187. The van der Waals surface area contributed by atoms with E-state index in [1.807, 2.05) is 36.2 Å². The van der Waals surface area contributed by atoms with Crippen LogP contribution >= 0.6 is 11.3 Å². The van der Waals surface area contributed by atoms with Crippen LogP contribution in [0.1, 0.15) is 15.2 Å². The van der Waals surface area contributed by atoms with Crippen LogP contribution in [0.25, 0.3) is 32.6 Å². The molecule has 1 aliphatic heterocycles. The molecule has 1 fully saturated rings. The van der Waals surface area contributed by atoms with E-state index < -0.39 is 5.91 Å². The Hall–Kier alpha value is -4.40. The standard InChI is InChI=1S/C24H23N9O4S/c1-32(23-25-10-14(11-26-23)22(34)31-36)12-15-9-18-19(38-15)21(33-4-6-37-7-5-33)30-20(27-18)13-2-3-16-17(8-13)29-24(35)28-16/h2-3,8-11,36H,4-7,12H2,1H3,(H,31,34)(H2,28,29,35). The molecular formula is C24H23N9O4S. The number of H-pyrrole nitrogens is 2. The van der Waals surface area contributed by atoms with Crippen LogP contribution in [0.3, 0.4) is 0 Å². The van der Waals surface area contributed by atoms with Crippen molar-refractivity contribution in [2.45, 2.75) is 6.54 Å². The van der Waals surface area contributed by atoms with Crippen LogP contribution in [-0.4, -0.2) is 74.4 Å². The van der Waals surface area contributed by atoms with Crippen molar-refractivity contribution in [3.63, 3.8) is 0 Å². The molecule has 0 saturated carbocycles. The summed E-state index contributed by atoms with van der Waals surface area (Å²) in [7, 11) is 1.86. The minimum atomic E-state index is -0.671. The molecular weight excluding hydrogens is 510 g/mol. The highest BCUT2D eigenvalue weighted by Gasteiger charge is 2.21. The van der Waals surface area contributed by atoms with Gasteiger partial charge in [0.1, 0.15) is 0 Å². The van der Waals surface area contributed by atoms with Crippen molar-refractivity contribution in [3.05, 3.63) is 57.6 Å². The van der Waals surface area contributed by atoms with E-state index in [1.165, 1.54) is 12.4 Å². The molecule has 1 aliphatic rings. The highest BCUT2D eigenvalue weighted by Crippen LogP contribution is 2.35. The Bertz CT molecular complexity index is 1690. The van der Waals surface area contributed by atoms with Gasteiger partial charge in [-0.05, 0) is 24.3 Å². The highest BCUT2D eigenvalue weighted by molar-refractivity contribution is 7.19. The number of aromatic nitrogens is 6. The number of rotatable bonds is 6. The van der Waals surface area contributed by atoms with Crippen LogP contribution in [0.5, 0.6) is 0 Å². The summed E-state index contributed by atoms with van der Waals surface area (Å²) in [6, 6.07) is 7.65. The third kappa shape index (κ3) is 4.55. The number of carbonyl (C=O) groups excluding carboxylic acids is 1. The predicted octanol–water partition coefficient (Wildman–Crippen LogP) is 1.91. The molecule has 194 valence electrons. The molecule has 0 unspecified atom stereocenters. The average Bonchev–Trinajstić information content (AvgIpc) is 3.53. The summed E-state index contributed by atoms with van der Waals surface area (Å²) >= 11 is 1.61. The van der Waals surface area contributed by atoms with Crippen LogP contribution in [0.4, 0.5) is 11.8 Å². The zero-order chi connectivity index (χ0) is 26.2. The molecule has 4 aromatic heterocycles. The number of anilines is 2. The molecule has 1 amide bonds. The average molecular weight is 534 g/mol. The maximum atomic E-state index is 11.7. The number of ether oxygens (including phenoxy) is 1. The van der Waals surface area contributed by atoms with Gasteiger partial charge in [-0.15, -0.1) is 11.3 Å². The van der Waals surface area contributed by atoms with Gasteiger partial charge in [0.2, 0.25) is 5.95 Å². The van der Waals surface area contributed by atoms with E-state index in [2.05, 4.69) is 24.8 Å². The van der Waals surface area contributed by atoms with Gasteiger partial charge in [-0.2, -0.15) is 0 Å². The Labute approximate surface area is 219 Å². The number of fused-ring (bicyclic) bond motifs is 2. The van der Waals surface area contributed by atoms with Crippen molar-refractivity contribution >= 4 is 50.3 Å². The molecule has 0 aliphatic carbocycles. The molecule has 5 heterocycles. The lowest BCUT2D eigenvalue weighted by atomic mass is 10.2. The second-order valence-corrected chi connectivity index (χ2v) is 9.94. The molecule has 1 saturated heterocycles. The third-order valence-corrected chi connectivity index (χ3v) is 7.33. The van der Waals surface area contributed by atoms with Gasteiger partial charge in [-0.1, -0.05) is 0 Å². The molecule has 13 nitrogen and oxygen atoms in total. The van der Waals surface area contributed by atoms with Gasteiger partial charge in [-0.3, -0.25) is 10.0 Å². The summed E-state index contributed by atoms with van der Waals surface area (Å²) in [5.41, 5.74) is 4.51. The first-order valence-corrected chi connectivity index (χ1v) is 12.6. The number of benzene rings is 1. The van der Waals surface area contributed by atoms with Gasteiger partial charge >= 0.3 is 5.69 Å². The van der Waals surface area contributed by atoms with Crippen LogP contribution in [0.15, 0.2) is 41.5 Å². The molecule has 0 atom stereocenters. The number of imidazole rings is 1. The number of hydrogen-bond acceptors (Lipinski definition) is 11. The van der Waals surface area contributed by atoms with Gasteiger partial charge in [0.05, 0.1) is 46.6 Å². The smallest absolute Gasteiger partial charge is 0.323 e. The zero-order valence-electron chi connectivity index (χ0n) is 20.3. The van der Waals surface area contributed by atoms with Crippen LogP contribution < -0.4 is 21.0 Å². The Morgan fingerprint density at radius 3 is 2.68 bits per heavy atom. The maximum absolute atomic E-state index is 11.7. The fourth-order valence-electron chi connectivity index (χ4n) is 4.34. The minimum absolute atomic E-state index is 0.159. The summed E-state index contributed by atoms with van der Waals surface area (Å²) in [6.45, 7) is 3.22. The van der Waals surface area contributed by atoms with Gasteiger partial charge in [0.25, 0.3) is 5.91 Å². The molecule has 1 aromatic carbocycles. The number of nitrogens with one attached hydrogen (secondary N) is 3. The molecule has 6 rings (SSSR count). The molecule has 4 N–H and O–H groups in total. The topological polar surface area (TPSA) is 165 Å². The van der Waals surface area contributed by atoms with Crippen molar-refractivity contribution in [1.29, 1.82) is 0 Å². The first-order chi connectivity index (χ1) is 18.5. The van der Waals surface area contributed by atoms with E-state index >= 15 is 0 Å². The van der Waals surface area contributed by atoms with E-state index in [9.17, 15) is 9.59 Å². The molecule has 5 aromatic rings. The Morgan fingerprint density at radius 2 is 1.92 bits per heavy atom. The van der Waals surface area contributed by atoms with Crippen molar-refractivity contribution in [2.75, 3.05) is 43.2 Å². The first kappa shape index (κ1) is 24.0. The van der Waals surface area contributed by atoms with Crippen molar-refractivity contribution < 1.29 is 14.7 Å². The fraction of sp³-hybridized carbons (Fsp3) is 0.250. The minimum Gasteiger partial charge on any atom is -0.378 e. The molecule has 0 bridgehead atoms. The number of amides is 1. The number of carbonyl (C=O) groups is 1. The van der Waals surface area contributed by atoms with Crippen molar-refractivity contribution in [2.24, 2.45) is 0 Å². The van der Waals surface area contributed by atoms with Crippen molar-refractivity contribution in [3.8, 4) is 11.4 Å². The van der Waals surface area contributed by atoms with Crippen LogP contribution in [-0.2, 0) is 11.3 Å². The fourth-order valence-corrected chi connectivity index (χ4v) is 5.50. The van der Waals surface area contributed by atoms with E-state index in [4.69, 9.17) is 19.9 Å². The number of hydrogen-bond donors (Lipinski definition) is 4. The van der Waals surface area contributed by atoms with E-state index in [0.717, 1.165) is 45.1 Å². The lowest BCUT2D eigenvalue weighted by Crippen LogP contribution is -2.36. The van der Waals surface area contributed by atoms with Crippen LogP contribution in [0, 0.1) is 0 Å². The number of nitrogens with zero attached hydrogens (tertiary/aromatic N) is 6. The van der Waals surface area contributed by atoms with Crippen LogP contribution in [0.2, 0.25) is 0 Å². The Kier molecular flexibility index (Phi) is 6.19. The summed E-state index contributed by atoms with van der Waals surface area (Å²) in [6.07, 6.45) is 2.72. The van der Waals surface area contributed by atoms with Gasteiger partial charge in [0, 0.05) is 43.0 Å². The molecule has 14 heteroatoms. The van der Waals surface area contributed by atoms with E-state index in [1.54, 1.807) is 16.8 Å². The second-order valence-electron chi connectivity index (χ2n) is 8.81. The molecule has 0 spiro atoms. The third-order valence-electron chi connectivity index (χ3n) is 6.23. The second kappa shape index (κ2) is 9.81. The van der Waals surface area contributed by atoms with E-state index in [0.29, 0.717) is 37.0 Å². The summed E-state index contributed by atoms with van der Waals surface area (Å²) in [5.74, 6) is 1.19. The molecule has 38 heavy (non-hydrogen) atoms. The SMILES string of the molecule is CN(Cc1cc2nc(-c3ccc4[nH]c(=O)[nH]c4c3)nc(N3CCOCC3)c2s1)c1ncc(C(=O)NO)cn1. The Morgan fingerprint density at radius 1 is 1.16 bits per heavy atom. The monoisotopic (exact) mass is 533 g/mol. The normalized spacial score (nSPS) is 13.8. The van der Waals surface area contributed by atoms with E-state index in [-0.39, 0.29) is 11.3 Å². The lowest BCUT2D eigenvalue weighted by Gasteiger charge is -2.28. The predicted molar refractivity (Wildman–Crippen MR) is 142 cm³/mol. The number of hydroxylamine groups is 1. The number of morpholine rings is 1. The maximum Gasteiger partial charge on any atom is 0.323 e. The van der Waals surface area contributed by atoms with Gasteiger partial charge < -0.3 is 24.5 Å². The summed E-state index contributed by atoms with van der Waals surface area (Å²) in [5, 5.41) is 8.79. The summed E-state index contributed by atoms with van der Waals surface area (Å²) in [4.78, 5) is 52.3. The first-order valence-electron chi connectivity index (χ1n) is 11.8. The molecule has 0 radical (unpaired) electrons. The van der Waals surface area contributed by atoms with Gasteiger partial charge in [-0.25, -0.2) is 30.2 Å². The Balaban J connectivity index is 1.36. The number of thiophene rings is 1. The summed E-state index contributed by atoms with van der Waals surface area (Å²) < 4.78 is 6.54.